The van der Waals surface area contributed by atoms with E-state index in [1.165, 1.54) is 11.8 Å². The Balaban J connectivity index is 1.66. The molecule has 0 aromatic heterocycles. The maximum Gasteiger partial charge on any atom is 0.229 e. The van der Waals surface area contributed by atoms with E-state index in [9.17, 15) is 10.1 Å². The summed E-state index contributed by atoms with van der Waals surface area (Å²) in [5.74, 6) is 1.21. The topological polar surface area (TPSA) is 56.6 Å². The minimum absolute atomic E-state index is 0.0247. The third kappa shape index (κ3) is 3.57. The highest BCUT2D eigenvalue weighted by Crippen LogP contribution is 2.44. The number of ether oxygens (including phenoxy) is 1. The van der Waals surface area contributed by atoms with Crippen LogP contribution < -0.4 is 9.64 Å². The van der Waals surface area contributed by atoms with Gasteiger partial charge in [0.15, 0.2) is 0 Å². The number of methoxy groups -OCH3 is 1. The van der Waals surface area contributed by atoms with Gasteiger partial charge in [-0.2, -0.15) is 5.26 Å². The van der Waals surface area contributed by atoms with Crippen molar-refractivity contribution in [3.8, 4) is 11.8 Å². The lowest BCUT2D eigenvalue weighted by atomic mass is 9.86. The maximum atomic E-state index is 13.0. The van der Waals surface area contributed by atoms with Crippen LogP contribution in [0.3, 0.4) is 0 Å². The second-order valence-electron chi connectivity index (χ2n) is 7.02. The summed E-state index contributed by atoms with van der Waals surface area (Å²) in [5, 5.41) is 11.4. The van der Waals surface area contributed by atoms with Crippen LogP contribution in [-0.2, 0) is 4.79 Å². The molecule has 148 valence electrons. The van der Waals surface area contributed by atoms with Crippen molar-refractivity contribution in [2.75, 3.05) is 24.6 Å². The van der Waals surface area contributed by atoms with Gasteiger partial charge >= 0.3 is 0 Å². The molecule has 1 atom stereocenters. The van der Waals surface area contributed by atoms with E-state index in [1.807, 2.05) is 49.4 Å². The van der Waals surface area contributed by atoms with Crippen LogP contribution in [0.1, 0.15) is 23.5 Å². The van der Waals surface area contributed by atoms with Gasteiger partial charge in [0.1, 0.15) is 5.75 Å². The molecule has 2 aliphatic rings. The number of fused-ring (bicyclic) bond motifs is 1. The third-order valence-electron chi connectivity index (χ3n) is 5.39. The number of hydrogen-bond acceptors (Lipinski definition) is 5. The van der Waals surface area contributed by atoms with E-state index in [0.29, 0.717) is 23.1 Å². The van der Waals surface area contributed by atoms with Gasteiger partial charge in [-0.15, -0.1) is 0 Å². The second kappa shape index (κ2) is 8.02. The molecule has 0 spiro atoms. The van der Waals surface area contributed by atoms with Crippen LogP contribution >= 0.6 is 23.4 Å². The van der Waals surface area contributed by atoms with Crippen LogP contribution in [-0.4, -0.2) is 30.5 Å². The van der Waals surface area contributed by atoms with Crippen LogP contribution in [0.5, 0.6) is 5.75 Å². The van der Waals surface area contributed by atoms with Crippen LogP contribution in [0.15, 0.2) is 53.1 Å². The Bertz CT molecular complexity index is 1030. The van der Waals surface area contributed by atoms with Crippen molar-refractivity contribution >= 4 is 35.0 Å². The SMILES string of the molecule is COc1ccc([C@@H]2CC(=O)N3CN(c4cccc(Cl)c4C)CSC3=C2C#N)cc1. The fourth-order valence-corrected chi connectivity index (χ4v) is 5.10. The van der Waals surface area contributed by atoms with Crippen molar-refractivity contribution in [2.24, 2.45) is 0 Å². The number of halogens is 1. The molecule has 0 aliphatic carbocycles. The molecule has 2 aromatic carbocycles. The van der Waals surface area contributed by atoms with Gasteiger partial charge in [-0.05, 0) is 42.3 Å². The number of benzene rings is 2. The summed E-state index contributed by atoms with van der Waals surface area (Å²) in [6, 6.07) is 15.7. The number of rotatable bonds is 3. The molecular weight excluding hydrogens is 406 g/mol. The van der Waals surface area contributed by atoms with Gasteiger partial charge in [0, 0.05) is 23.0 Å². The summed E-state index contributed by atoms with van der Waals surface area (Å²) in [7, 11) is 1.62. The lowest BCUT2D eigenvalue weighted by Crippen LogP contribution is -2.47. The first-order valence-corrected chi connectivity index (χ1v) is 10.6. The molecule has 0 radical (unpaired) electrons. The first kappa shape index (κ1) is 19.7. The first-order chi connectivity index (χ1) is 14.0. The van der Waals surface area contributed by atoms with Gasteiger partial charge in [-0.1, -0.05) is 41.6 Å². The average molecular weight is 426 g/mol. The summed E-state index contributed by atoms with van der Waals surface area (Å²) in [5.41, 5.74) is 3.61. The van der Waals surface area contributed by atoms with Crippen molar-refractivity contribution in [1.82, 2.24) is 4.90 Å². The molecule has 1 amide bonds. The minimum atomic E-state index is -0.225. The maximum absolute atomic E-state index is 13.0. The lowest BCUT2D eigenvalue weighted by Gasteiger charge is -2.42. The number of thioether (sulfide) groups is 1. The van der Waals surface area contributed by atoms with E-state index in [2.05, 4.69) is 11.0 Å². The van der Waals surface area contributed by atoms with Crippen LogP contribution in [0.25, 0.3) is 0 Å². The average Bonchev–Trinajstić information content (AvgIpc) is 2.75. The van der Waals surface area contributed by atoms with Gasteiger partial charge in [0.05, 0.1) is 36.3 Å². The number of nitriles is 1. The van der Waals surface area contributed by atoms with E-state index >= 15 is 0 Å². The van der Waals surface area contributed by atoms with E-state index < -0.39 is 0 Å². The Morgan fingerprint density at radius 3 is 2.69 bits per heavy atom. The fraction of sp³-hybridized carbons (Fsp3) is 0.273. The molecule has 0 N–H and O–H groups in total. The molecular formula is C22H20ClN3O2S. The predicted molar refractivity (Wildman–Crippen MR) is 116 cm³/mol. The molecule has 1 fully saturated rings. The van der Waals surface area contributed by atoms with E-state index in [-0.39, 0.29) is 18.2 Å². The standard InChI is InChI=1S/C22H20ClN3O2S/c1-14-19(23)4-3-5-20(14)25-12-26-21(27)10-17(18(11-24)22(26)29-13-25)15-6-8-16(28-2)9-7-15/h3-9,17H,10,12-13H2,1-2H3/t17-/m0/s1. The molecule has 5 nitrogen and oxygen atoms in total. The highest BCUT2D eigenvalue weighted by molar-refractivity contribution is 8.03. The van der Waals surface area contributed by atoms with Crippen molar-refractivity contribution < 1.29 is 9.53 Å². The second-order valence-corrected chi connectivity index (χ2v) is 8.36. The van der Waals surface area contributed by atoms with Crippen molar-refractivity contribution in [3.63, 3.8) is 0 Å². The monoisotopic (exact) mass is 425 g/mol. The number of carbonyl (C=O) groups excluding carboxylic acids is 1. The Morgan fingerprint density at radius 1 is 1.24 bits per heavy atom. The Hall–Kier alpha value is -2.62. The van der Waals surface area contributed by atoms with Crippen molar-refractivity contribution in [3.05, 3.63) is 69.2 Å². The summed E-state index contributed by atoms with van der Waals surface area (Å²) in [6.07, 6.45) is 0.279. The van der Waals surface area contributed by atoms with Crippen LogP contribution in [0, 0.1) is 18.3 Å². The number of carbonyl (C=O) groups is 1. The summed E-state index contributed by atoms with van der Waals surface area (Å²) in [6.45, 7) is 2.40. The number of anilines is 1. The Morgan fingerprint density at radius 2 is 2.00 bits per heavy atom. The van der Waals surface area contributed by atoms with Crippen molar-refractivity contribution in [1.29, 1.82) is 5.26 Å². The summed E-state index contributed by atoms with van der Waals surface area (Å²) < 4.78 is 5.22. The van der Waals surface area contributed by atoms with E-state index in [0.717, 1.165) is 27.6 Å². The number of allylic oxidation sites excluding steroid dienone is 1. The number of nitrogens with zero attached hydrogens (tertiary/aromatic N) is 3. The molecule has 0 saturated carbocycles. The zero-order valence-corrected chi connectivity index (χ0v) is 17.8. The largest absolute Gasteiger partial charge is 0.497 e. The summed E-state index contributed by atoms with van der Waals surface area (Å²) in [4.78, 5) is 16.9. The lowest BCUT2D eigenvalue weighted by molar-refractivity contribution is -0.129. The first-order valence-electron chi connectivity index (χ1n) is 9.25. The predicted octanol–water partition coefficient (Wildman–Crippen LogP) is 4.88. The fourth-order valence-electron chi connectivity index (χ4n) is 3.77. The molecule has 2 aliphatic heterocycles. The van der Waals surface area contributed by atoms with E-state index in [4.69, 9.17) is 16.3 Å². The van der Waals surface area contributed by atoms with E-state index in [1.54, 1.807) is 12.0 Å². The zero-order chi connectivity index (χ0) is 20.5. The molecule has 0 unspecified atom stereocenters. The van der Waals surface area contributed by atoms with Gasteiger partial charge in [-0.3, -0.25) is 9.69 Å². The normalized spacial score (nSPS) is 19.1. The number of hydrogen-bond donors (Lipinski definition) is 0. The molecule has 7 heteroatoms. The molecule has 1 saturated heterocycles. The van der Waals surface area contributed by atoms with Crippen molar-refractivity contribution in [2.45, 2.75) is 19.3 Å². The van der Waals surface area contributed by atoms with Gasteiger partial charge in [-0.25, -0.2) is 0 Å². The molecule has 29 heavy (non-hydrogen) atoms. The Kier molecular flexibility index (Phi) is 5.44. The Labute approximate surface area is 179 Å². The molecule has 2 aromatic rings. The van der Waals surface area contributed by atoms with Crippen LogP contribution in [0.2, 0.25) is 5.02 Å². The smallest absolute Gasteiger partial charge is 0.229 e. The van der Waals surface area contributed by atoms with Crippen LogP contribution in [0.4, 0.5) is 5.69 Å². The van der Waals surface area contributed by atoms with Gasteiger partial charge in [0.2, 0.25) is 5.91 Å². The highest BCUT2D eigenvalue weighted by atomic mass is 35.5. The number of amides is 1. The highest BCUT2D eigenvalue weighted by Gasteiger charge is 2.38. The summed E-state index contributed by atoms with van der Waals surface area (Å²) >= 11 is 7.81. The zero-order valence-electron chi connectivity index (χ0n) is 16.2. The third-order valence-corrected chi connectivity index (χ3v) is 6.96. The minimum Gasteiger partial charge on any atom is -0.497 e. The quantitative estimate of drug-likeness (QED) is 0.701. The molecule has 4 rings (SSSR count). The van der Waals surface area contributed by atoms with Gasteiger partial charge < -0.3 is 9.64 Å². The van der Waals surface area contributed by atoms with Gasteiger partial charge in [0.25, 0.3) is 0 Å². The molecule has 0 bridgehead atoms. The molecule has 2 heterocycles.